The summed E-state index contributed by atoms with van der Waals surface area (Å²) in [5.41, 5.74) is 2.22. The van der Waals surface area contributed by atoms with Gasteiger partial charge in [0.1, 0.15) is 5.75 Å². The normalized spacial score (nSPS) is 16.2. The molecule has 1 aromatic rings. The quantitative estimate of drug-likeness (QED) is 0.700. The standard InChI is InChI=1S/C11H12Cl2O/c1-2-10(13)9-6-8(12)5-7-3-4-14-11(7)9/h5-6,10H,2-4H2,1H3. The van der Waals surface area contributed by atoms with Crippen LogP contribution in [0.4, 0.5) is 0 Å². The molecule has 0 aliphatic carbocycles. The molecular formula is C11H12Cl2O. The van der Waals surface area contributed by atoms with Crippen molar-refractivity contribution in [2.45, 2.75) is 25.1 Å². The van der Waals surface area contributed by atoms with Crippen molar-refractivity contribution in [3.05, 3.63) is 28.3 Å². The van der Waals surface area contributed by atoms with Crippen molar-refractivity contribution in [1.29, 1.82) is 0 Å². The fraction of sp³-hybridized carbons (Fsp3) is 0.455. The number of benzene rings is 1. The van der Waals surface area contributed by atoms with Crippen molar-refractivity contribution in [1.82, 2.24) is 0 Å². The molecular weight excluding hydrogens is 219 g/mol. The van der Waals surface area contributed by atoms with E-state index in [2.05, 4.69) is 6.92 Å². The lowest BCUT2D eigenvalue weighted by Gasteiger charge is -2.12. The second-order valence-corrected chi connectivity index (χ2v) is 4.42. The van der Waals surface area contributed by atoms with Crippen LogP contribution in [0.15, 0.2) is 12.1 Å². The first-order chi connectivity index (χ1) is 6.72. The monoisotopic (exact) mass is 230 g/mol. The zero-order chi connectivity index (χ0) is 10.1. The van der Waals surface area contributed by atoms with E-state index in [1.165, 1.54) is 5.56 Å². The molecule has 1 heterocycles. The predicted octanol–water partition coefficient (Wildman–Crippen LogP) is 3.96. The van der Waals surface area contributed by atoms with E-state index < -0.39 is 0 Å². The Labute approximate surface area is 94.0 Å². The van der Waals surface area contributed by atoms with Gasteiger partial charge < -0.3 is 4.74 Å². The van der Waals surface area contributed by atoms with E-state index in [0.29, 0.717) is 0 Å². The van der Waals surface area contributed by atoms with Gasteiger partial charge in [-0.3, -0.25) is 0 Å². The Morgan fingerprint density at radius 2 is 2.29 bits per heavy atom. The summed E-state index contributed by atoms with van der Waals surface area (Å²) < 4.78 is 5.56. The molecule has 0 fully saturated rings. The number of halogens is 2. The third-order valence-corrected chi connectivity index (χ3v) is 3.23. The fourth-order valence-corrected chi connectivity index (χ4v) is 2.16. The lowest BCUT2D eigenvalue weighted by molar-refractivity contribution is 0.353. The summed E-state index contributed by atoms with van der Waals surface area (Å²) in [6.07, 6.45) is 1.83. The number of rotatable bonds is 2. The SMILES string of the molecule is CCC(Cl)c1cc(Cl)cc2c1OCC2. The van der Waals surface area contributed by atoms with E-state index in [4.69, 9.17) is 27.9 Å². The first-order valence-corrected chi connectivity index (χ1v) is 5.63. The van der Waals surface area contributed by atoms with Crippen molar-refractivity contribution in [3.63, 3.8) is 0 Å². The van der Waals surface area contributed by atoms with Crippen LogP contribution in [-0.2, 0) is 6.42 Å². The molecule has 1 unspecified atom stereocenters. The summed E-state index contributed by atoms with van der Waals surface area (Å²) in [6.45, 7) is 2.80. The highest BCUT2D eigenvalue weighted by Gasteiger charge is 2.21. The molecule has 0 spiro atoms. The second kappa shape index (κ2) is 4.00. The molecule has 76 valence electrons. The molecule has 0 bridgehead atoms. The molecule has 1 aromatic carbocycles. The lowest BCUT2D eigenvalue weighted by atomic mass is 10.0. The summed E-state index contributed by atoms with van der Waals surface area (Å²) in [7, 11) is 0. The maximum absolute atomic E-state index is 6.21. The Morgan fingerprint density at radius 1 is 1.50 bits per heavy atom. The van der Waals surface area contributed by atoms with E-state index in [-0.39, 0.29) is 5.38 Å². The van der Waals surface area contributed by atoms with Crippen LogP contribution in [-0.4, -0.2) is 6.61 Å². The smallest absolute Gasteiger partial charge is 0.127 e. The van der Waals surface area contributed by atoms with Crippen LogP contribution in [0.25, 0.3) is 0 Å². The Hall–Kier alpha value is -0.400. The van der Waals surface area contributed by atoms with Crippen LogP contribution in [0, 0.1) is 0 Å². The molecule has 1 atom stereocenters. The maximum atomic E-state index is 6.21. The van der Waals surface area contributed by atoms with Crippen LogP contribution in [0.3, 0.4) is 0 Å². The Balaban J connectivity index is 2.48. The lowest BCUT2D eigenvalue weighted by Crippen LogP contribution is -1.94. The summed E-state index contributed by atoms with van der Waals surface area (Å²) in [5, 5.41) is 0.754. The van der Waals surface area contributed by atoms with E-state index in [0.717, 1.165) is 35.8 Å². The summed E-state index contributed by atoms with van der Waals surface area (Å²) in [6, 6.07) is 3.87. The van der Waals surface area contributed by atoms with Gasteiger partial charge in [0, 0.05) is 17.0 Å². The topological polar surface area (TPSA) is 9.23 Å². The molecule has 3 heteroatoms. The zero-order valence-corrected chi connectivity index (χ0v) is 9.53. The van der Waals surface area contributed by atoms with E-state index in [9.17, 15) is 0 Å². The van der Waals surface area contributed by atoms with Gasteiger partial charge in [-0.25, -0.2) is 0 Å². The summed E-state index contributed by atoms with van der Waals surface area (Å²) in [5.74, 6) is 0.955. The maximum Gasteiger partial charge on any atom is 0.127 e. The van der Waals surface area contributed by atoms with Gasteiger partial charge in [-0.2, -0.15) is 0 Å². The Kier molecular flexibility index (Phi) is 2.89. The second-order valence-electron chi connectivity index (χ2n) is 3.46. The minimum Gasteiger partial charge on any atom is -0.493 e. The average molecular weight is 231 g/mol. The van der Waals surface area contributed by atoms with Crippen LogP contribution in [0.2, 0.25) is 5.02 Å². The highest BCUT2D eigenvalue weighted by atomic mass is 35.5. The van der Waals surface area contributed by atoms with E-state index >= 15 is 0 Å². The molecule has 1 aliphatic heterocycles. The van der Waals surface area contributed by atoms with Gasteiger partial charge >= 0.3 is 0 Å². The molecule has 0 saturated carbocycles. The van der Waals surface area contributed by atoms with Gasteiger partial charge in [0.25, 0.3) is 0 Å². The molecule has 2 rings (SSSR count). The van der Waals surface area contributed by atoms with Crippen molar-refractivity contribution in [3.8, 4) is 5.75 Å². The summed E-state index contributed by atoms with van der Waals surface area (Å²) in [4.78, 5) is 0. The summed E-state index contributed by atoms with van der Waals surface area (Å²) >= 11 is 12.2. The molecule has 0 aromatic heterocycles. The minimum absolute atomic E-state index is 0.000509. The van der Waals surface area contributed by atoms with Crippen molar-refractivity contribution in [2.24, 2.45) is 0 Å². The largest absolute Gasteiger partial charge is 0.493 e. The number of ether oxygens (including phenoxy) is 1. The average Bonchev–Trinajstić information content (AvgIpc) is 2.62. The molecule has 0 N–H and O–H groups in total. The van der Waals surface area contributed by atoms with Gasteiger partial charge in [-0.15, -0.1) is 11.6 Å². The molecule has 0 amide bonds. The zero-order valence-electron chi connectivity index (χ0n) is 8.02. The van der Waals surface area contributed by atoms with Crippen LogP contribution in [0.1, 0.15) is 29.8 Å². The number of hydrogen-bond donors (Lipinski definition) is 0. The van der Waals surface area contributed by atoms with Crippen molar-refractivity contribution < 1.29 is 4.74 Å². The van der Waals surface area contributed by atoms with Gasteiger partial charge in [0.15, 0.2) is 0 Å². The molecule has 0 saturated heterocycles. The van der Waals surface area contributed by atoms with Crippen molar-refractivity contribution in [2.75, 3.05) is 6.61 Å². The van der Waals surface area contributed by atoms with Gasteiger partial charge in [-0.05, 0) is 24.1 Å². The van der Waals surface area contributed by atoms with Crippen LogP contribution < -0.4 is 4.74 Å². The minimum atomic E-state index is 0.000509. The Bertz CT molecular complexity index is 349. The van der Waals surface area contributed by atoms with E-state index in [1.807, 2.05) is 12.1 Å². The molecule has 14 heavy (non-hydrogen) atoms. The third kappa shape index (κ3) is 1.71. The van der Waals surface area contributed by atoms with Gasteiger partial charge in [0.05, 0.1) is 12.0 Å². The van der Waals surface area contributed by atoms with Crippen molar-refractivity contribution >= 4 is 23.2 Å². The molecule has 1 nitrogen and oxygen atoms in total. The number of fused-ring (bicyclic) bond motifs is 1. The third-order valence-electron chi connectivity index (χ3n) is 2.47. The fourth-order valence-electron chi connectivity index (χ4n) is 1.75. The first kappa shape index (κ1) is 10.1. The van der Waals surface area contributed by atoms with Gasteiger partial charge in [-0.1, -0.05) is 18.5 Å². The number of hydrogen-bond acceptors (Lipinski definition) is 1. The van der Waals surface area contributed by atoms with E-state index in [1.54, 1.807) is 0 Å². The number of alkyl halides is 1. The van der Waals surface area contributed by atoms with Crippen LogP contribution >= 0.6 is 23.2 Å². The highest BCUT2D eigenvalue weighted by Crippen LogP contribution is 2.39. The molecule has 1 aliphatic rings. The first-order valence-electron chi connectivity index (χ1n) is 4.81. The Morgan fingerprint density at radius 3 is 3.00 bits per heavy atom. The highest BCUT2D eigenvalue weighted by molar-refractivity contribution is 6.31. The predicted molar refractivity (Wildman–Crippen MR) is 59.5 cm³/mol. The van der Waals surface area contributed by atoms with Gasteiger partial charge in [0.2, 0.25) is 0 Å². The molecule has 0 radical (unpaired) electrons. The van der Waals surface area contributed by atoms with Crippen LogP contribution in [0.5, 0.6) is 5.75 Å².